The molecule has 8 nitrogen and oxygen atoms in total. The zero-order chi connectivity index (χ0) is 21.8. The zero-order valence-corrected chi connectivity index (χ0v) is 18.8. The summed E-state index contributed by atoms with van der Waals surface area (Å²) in [5.74, 6) is 1.89. The number of benzene rings is 1. The van der Waals surface area contributed by atoms with Gasteiger partial charge in [-0.25, -0.2) is 0 Å². The van der Waals surface area contributed by atoms with Crippen molar-refractivity contribution in [3.05, 3.63) is 41.5 Å². The van der Waals surface area contributed by atoms with Gasteiger partial charge in [0, 0.05) is 24.5 Å². The van der Waals surface area contributed by atoms with E-state index in [-0.39, 0.29) is 17.4 Å². The highest BCUT2D eigenvalue weighted by Gasteiger charge is 2.39. The molecule has 168 valence electrons. The van der Waals surface area contributed by atoms with Crippen molar-refractivity contribution >= 4 is 5.91 Å². The predicted molar refractivity (Wildman–Crippen MR) is 117 cm³/mol. The summed E-state index contributed by atoms with van der Waals surface area (Å²) in [4.78, 5) is 15.2. The van der Waals surface area contributed by atoms with Crippen molar-refractivity contribution in [2.24, 2.45) is 5.41 Å². The van der Waals surface area contributed by atoms with Crippen LogP contribution in [0.3, 0.4) is 0 Å². The number of aromatic nitrogens is 3. The number of amides is 1. The number of carbonyl (C=O) groups is 1. The molecule has 0 unspecified atom stereocenters. The topological polar surface area (TPSA) is 81.5 Å². The standard InChI is InChI=1S/C23H33N5O3/c1-4-17(2)24-22(29)21-26-25-20-14-31-16-23(15-28(20)21)8-10-27(11-9-23)13-18-6-5-7-19(12-18)30-3/h5-7,12,17H,4,8-11,13-16H2,1-3H3,(H,24,29)/t17-/m1/s1. The maximum Gasteiger partial charge on any atom is 0.289 e. The van der Waals surface area contributed by atoms with E-state index >= 15 is 0 Å². The van der Waals surface area contributed by atoms with Gasteiger partial charge < -0.3 is 19.4 Å². The Balaban J connectivity index is 1.43. The Morgan fingerprint density at radius 3 is 2.87 bits per heavy atom. The van der Waals surface area contributed by atoms with Crippen LogP contribution in [-0.2, 0) is 24.4 Å². The molecule has 1 atom stereocenters. The van der Waals surface area contributed by atoms with Gasteiger partial charge in [0.15, 0.2) is 5.82 Å². The van der Waals surface area contributed by atoms with Gasteiger partial charge >= 0.3 is 0 Å². The zero-order valence-electron chi connectivity index (χ0n) is 18.8. The summed E-state index contributed by atoms with van der Waals surface area (Å²) in [5.41, 5.74) is 1.27. The van der Waals surface area contributed by atoms with Gasteiger partial charge in [-0.15, -0.1) is 10.2 Å². The van der Waals surface area contributed by atoms with E-state index in [0.717, 1.165) is 57.0 Å². The number of rotatable bonds is 6. The lowest BCUT2D eigenvalue weighted by Gasteiger charge is -2.41. The molecule has 1 fully saturated rings. The van der Waals surface area contributed by atoms with Gasteiger partial charge in [0.2, 0.25) is 5.82 Å². The first-order valence-electron chi connectivity index (χ1n) is 11.2. The summed E-state index contributed by atoms with van der Waals surface area (Å²) in [7, 11) is 1.70. The predicted octanol–water partition coefficient (Wildman–Crippen LogP) is 2.63. The summed E-state index contributed by atoms with van der Waals surface area (Å²) >= 11 is 0. The van der Waals surface area contributed by atoms with Crippen molar-refractivity contribution in [3.63, 3.8) is 0 Å². The Kier molecular flexibility index (Phi) is 6.57. The molecule has 1 saturated heterocycles. The number of methoxy groups -OCH3 is 1. The van der Waals surface area contributed by atoms with E-state index in [2.05, 4.69) is 39.5 Å². The van der Waals surface area contributed by atoms with Gasteiger partial charge in [0.25, 0.3) is 5.91 Å². The molecule has 2 aliphatic heterocycles. The minimum atomic E-state index is -0.152. The number of likely N-dealkylation sites (tertiary alicyclic amines) is 1. The van der Waals surface area contributed by atoms with E-state index in [1.807, 2.05) is 23.6 Å². The Labute approximate surface area is 183 Å². The van der Waals surface area contributed by atoms with Crippen LogP contribution < -0.4 is 10.1 Å². The van der Waals surface area contributed by atoms with Crippen molar-refractivity contribution in [1.82, 2.24) is 25.0 Å². The van der Waals surface area contributed by atoms with Crippen LogP contribution in [0.2, 0.25) is 0 Å². The van der Waals surface area contributed by atoms with E-state index < -0.39 is 0 Å². The molecule has 1 aromatic heterocycles. The molecule has 1 N–H and O–H groups in total. The van der Waals surface area contributed by atoms with E-state index in [4.69, 9.17) is 9.47 Å². The second-order valence-electron chi connectivity index (χ2n) is 8.93. The molecular weight excluding hydrogens is 394 g/mol. The number of hydrogen-bond acceptors (Lipinski definition) is 6. The third-order valence-electron chi connectivity index (χ3n) is 6.61. The molecule has 1 amide bonds. The number of nitrogens with zero attached hydrogens (tertiary/aromatic N) is 4. The van der Waals surface area contributed by atoms with Crippen LogP contribution in [0.1, 0.15) is 55.1 Å². The van der Waals surface area contributed by atoms with E-state index in [1.54, 1.807) is 7.11 Å². The number of carbonyl (C=O) groups excluding carboxylic acids is 1. The average Bonchev–Trinajstić information content (AvgIpc) is 3.09. The molecule has 1 spiro atoms. The summed E-state index contributed by atoms with van der Waals surface area (Å²) in [5, 5.41) is 11.4. The number of fused-ring (bicyclic) bond motifs is 1. The minimum Gasteiger partial charge on any atom is -0.497 e. The molecule has 2 aromatic rings. The van der Waals surface area contributed by atoms with Crippen LogP contribution in [0.25, 0.3) is 0 Å². The number of ether oxygens (including phenoxy) is 2. The van der Waals surface area contributed by atoms with Crippen molar-refractivity contribution in [2.75, 3.05) is 26.8 Å². The average molecular weight is 428 g/mol. The Hall–Kier alpha value is -2.45. The number of hydrogen-bond donors (Lipinski definition) is 1. The highest BCUT2D eigenvalue weighted by atomic mass is 16.5. The normalized spacial score (nSPS) is 19.5. The monoisotopic (exact) mass is 427 g/mol. The van der Waals surface area contributed by atoms with Crippen LogP contribution in [-0.4, -0.2) is 58.4 Å². The van der Waals surface area contributed by atoms with Gasteiger partial charge in [0.05, 0.1) is 13.7 Å². The van der Waals surface area contributed by atoms with E-state index in [0.29, 0.717) is 19.0 Å². The summed E-state index contributed by atoms with van der Waals surface area (Å²) in [6.45, 7) is 8.77. The second-order valence-corrected chi connectivity index (χ2v) is 8.93. The fourth-order valence-corrected chi connectivity index (χ4v) is 4.42. The molecular formula is C23H33N5O3. The summed E-state index contributed by atoms with van der Waals surface area (Å²) < 4.78 is 13.3. The third kappa shape index (κ3) is 4.91. The molecule has 2 aliphatic rings. The minimum absolute atomic E-state index is 0.00388. The molecule has 31 heavy (non-hydrogen) atoms. The Bertz CT molecular complexity index is 904. The first-order valence-corrected chi connectivity index (χ1v) is 11.2. The lowest BCUT2D eigenvalue weighted by Crippen LogP contribution is -2.44. The maximum absolute atomic E-state index is 12.7. The largest absolute Gasteiger partial charge is 0.497 e. The Morgan fingerprint density at radius 2 is 2.13 bits per heavy atom. The smallest absolute Gasteiger partial charge is 0.289 e. The van der Waals surface area contributed by atoms with Gasteiger partial charge in [-0.1, -0.05) is 19.1 Å². The first kappa shape index (κ1) is 21.8. The fraction of sp³-hybridized carbons (Fsp3) is 0.609. The molecule has 0 saturated carbocycles. The number of nitrogens with one attached hydrogen (secondary N) is 1. The maximum atomic E-state index is 12.7. The SMILES string of the molecule is CC[C@@H](C)NC(=O)c1nnc2n1CC1(CCN(Cc3cccc(OC)c3)CC1)COC2. The number of piperidine rings is 1. The quantitative estimate of drug-likeness (QED) is 0.763. The van der Waals surface area contributed by atoms with E-state index in [9.17, 15) is 4.79 Å². The Morgan fingerprint density at radius 1 is 1.32 bits per heavy atom. The lowest BCUT2D eigenvalue weighted by atomic mass is 9.78. The van der Waals surface area contributed by atoms with Crippen LogP contribution in [0.15, 0.2) is 24.3 Å². The van der Waals surface area contributed by atoms with Gasteiger partial charge in [0.1, 0.15) is 12.4 Å². The first-order chi connectivity index (χ1) is 15.0. The van der Waals surface area contributed by atoms with Crippen LogP contribution >= 0.6 is 0 Å². The fourth-order valence-electron chi connectivity index (χ4n) is 4.42. The highest BCUT2D eigenvalue weighted by molar-refractivity contribution is 5.90. The molecule has 0 radical (unpaired) electrons. The lowest BCUT2D eigenvalue weighted by molar-refractivity contribution is -0.00571. The van der Waals surface area contributed by atoms with Crippen LogP contribution in [0.5, 0.6) is 5.75 Å². The van der Waals surface area contributed by atoms with E-state index in [1.165, 1.54) is 5.56 Å². The van der Waals surface area contributed by atoms with Crippen LogP contribution in [0, 0.1) is 5.41 Å². The summed E-state index contributed by atoms with van der Waals surface area (Å²) in [6, 6.07) is 8.37. The molecule has 0 aliphatic carbocycles. The van der Waals surface area contributed by atoms with Gasteiger partial charge in [-0.3, -0.25) is 9.69 Å². The van der Waals surface area contributed by atoms with Gasteiger partial charge in [-0.2, -0.15) is 0 Å². The van der Waals surface area contributed by atoms with Crippen molar-refractivity contribution in [1.29, 1.82) is 0 Å². The summed E-state index contributed by atoms with van der Waals surface area (Å²) in [6.07, 6.45) is 2.91. The molecule has 0 bridgehead atoms. The molecule has 8 heteroatoms. The third-order valence-corrected chi connectivity index (χ3v) is 6.61. The van der Waals surface area contributed by atoms with Crippen molar-refractivity contribution in [2.45, 2.75) is 58.8 Å². The highest BCUT2D eigenvalue weighted by Crippen LogP contribution is 2.37. The van der Waals surface area contributed by atoms with Crippen molar-refractivity contribution in [3.8, 4) is 5.75 Å². The molecule has 3 heterocycles. The van der Waals surface area contributed by atoms with Crippen LogP contribution in [0.4, 0.5) is 0 Å². The van der Waals surface area contributed by atoms with Crippen molar-refractivity contribution < 1.29 is 14.3 Å². The van der Waals surface area contributed by atoms with Gasteiger partial charge in [-0.05, 0) is 57.0 Å². The molecule has 4 rings (SSSR count). The molecule has 1 aromatic carbocycles. The second kappa shape index (κ2) is 9.36.